The van der Waals surface area contributed by atoms with Crippen LogP contribution in [0.5, 0.6) is 11.6 Å². The average molecular weight is 414 g/mol. The van der Waals surface area contributed by atoms with Gasteiger partial charge in [0.05, 0.1) is 5.56 Å². The molecular weight excluding hydrogens is 393 g/mol. The number of pyridine rings is 1. The van der Waals surface area contributed by atoms with E-state index in [1.807, 2.05) is 36.2 Å². The molecule has 0 aliphatic carbocycles. The number of carbonyl (C=O) groups excluding carboxylic acids is 1. The van der Waals surface area contributed by atoms with E-state index in [9.17, 15) is 9.18 Å². The summed E-state index contributed by atoms with van der Waals surface area (Å²) in [5, 5.41) is 0.441. The third kappa shape index (κ3) is 5.76. The molecule has 0 saturated heterocycles. The van der Waals surface area contributed by atoms with E-state index in [4.69, 9.17) is 22.1 Å². The fourth-order valence-corrected chi connectivity index (χ4v) is 3.01. The van der Waals surface area contributed by atoms with E-state index >= 15 is 0 Å². The fraction of sp³-hybridized carbons (Fsp3) is 0.182. The predicted molar refractivity (Wildman–Crippen MR) is 111 cm³/mol. The molecule has 3 rings (SSSR count). The number of ether oxygens (including phenoxy) is 1. The summed E-state index contributed by atoms with van der Waals surface area (Å²) < 4.78 is 19.6. The summed E-state index contributed by atoms with van der Waals surface area (Å²) in [6, 6.07) is 15.5. The lowest BCUT2D eigenvalue weighted by atomic mass is 10.1. The Bertz CT molecular complexity index is 958. The van der Waals surface area contributed by atoms with E-state index in [0.29, 0.717) is 34.3 Å². The normalized spacial score (nSPS) is 10.9. The highest BCUT2D eigenvalue weighted by Crippen LogP contribution is 2.22. The van der Waals surface area contributed by atoms with Crippen LogP contribution in [0.4, 0.5) is 4.39 Å². The molecule has 0 aliphatic rings. The summed E-state index contributed by atoms with van der Waals surface area (Å²) in [7, 11) is 1.93. The highest BCUT2D eigenvalue weighted by atomic mass is 35.5. The Kier molecular flexibility index (Phi) is 6.80. The predicted octanol–water partition coefficient (Wildman–Crippen LogP) is 4.44. The zero-order chi connectivity index (χ0) is 20.8. The number of likely N-dealkylation sites (N-methyl/N-ethyl adjacent to an activating group) is 1. The summed E-state index contributed by atoms with van der Waals surface area (Å²) in [6.45, 7) is 1.20. The first-order chi connectivity index (χ1) is 13.9. The second-order valence-electron chi connectivity index (χ2n) is 6.68. The van der Waals surface area contributed by atoms with Gasteiger partial charge >= 0.3 is 0 Å². The number of nitrogens with two attached hydrogens (primary N) is 1. The molecule has 0 aliphatic heterocycles. The average Bonchev–Trinajstić information content (AvgIpc) is 2.71. The van der Waals surface area contributed by atoms with Crippen LogP contribution in [0.25, 0.3) is 0 Å². The van der Waals surface area contributed by atoms with Crippen molar-refractivity contribution < 1.29 is 13.9 Å². The number of primary amides is 1. The summed E-state index contributed by atoms with van der Waals surface area (Å²) in [5.41, 5.74) is 7.15. The molecule has 0 spiro atoms. The molecule has 2 aromatic carbocycles. The SMILES string of the molecule is CN(CCc1ccc(Oc2ccc(C(N)=O)cn2)cc1)Cc1c(F)cccc1Cl. The number of hydrogen-bond acceptors (Lipinski definition) is 4. The van der Waals surface area contributed by atoms with Gasteiger partial charge in [0.2, 0.25) is 11.8 Å². The van der Waals surface area contributed by atoms with Crippen molar-refractivity contribution in [3.8, 4) is 11.6 Å². The number of hydrogen-bond donors (Lipinski definition) is 1. The van der Waals surface area contributed by atoms with Gasteiger partial charge in [-0.05, 0) is 49.4 Å². The standard InChI is InChI=1S/C22H21ClFN3O2/c1-27(14-18-19(23)3-2-4-20(18)24)12-11-15-5-8-17(9-6-15)29-21-10-7-16(13-26-21)22(25)28/h2-10,13H,11-12,14H2,1H3,(H2,25,28). The molecule has 0 atom stereocenters. The van der Waals surface area contributed by atoms with Crippen molar-refractivity contribution in [1.82, 2.24) is 9.88 Å². The van der Waals surface area contributed by atoms with Crippen LogP contribution in [0.3, 0.4) is 0 Å². The van der Waals surface area contributed by atoms with Gasteiger partial charge in [-0.1, -0.05) is 29.8 Å². The van der Waals surface area contributed by atoms with Gasteiger partial charge in [-0.3, -0.25) is 4.79 Å². The monoisotopic (exact) mass is 413 g/mol. The van der Waals surface area contributed by atoms with Crippen molar-refractivity contribution in [3.05, 3.63) is 88.3 Å². The van der Waals surface area contributed by atoms with Crippen LogP contribution < -0.4 is 10.5 Å². The molecule has 0 saturated carbocycles. The molecule has 0 unspecified atom stereocenters. The Hall–Kier alpha value is -2.96. The van der Waals surface area contributed by atoms with Crippen LogP contribution >= 0.6 is 11.6 Å². The molecule has 0 bridgehead atoms. The third-order valence-corrected chi connectivity index (χ3v) is 4.79. The molecule has 2 N–H and O–H groups in total. The summed E-state index contributed by atoms with van der Waals surface area (Å²) in [4.78, 5) is 17.2. The van der Waals surface area contributed by atoms with Gasteiger partial charge < -0.3 is 15.4 Å². The van der Waals surface area contributed by atoms with E-state index < -0.39 is 5.91 Å². The minimum Gasteiger partial charge on any atom is -0.439 e. The Morgan fingerprint density at radius 1 is 1.17 bits per heavy atom. The molecule has 29 heavy (non-hydrogen) atoms. The Morgan fingerprint density at radius 2 is 1.93 bits per heavy atom. The lowest BCUT2D eigenvalue weighted by molar-refractivity contribution is 0.1000. The number of benzene rings is 2. The van der Waals surface area contributed by atoms with Crippen molar-refractivity contribution in [3.63, 3.8) is 0 Å². The maximum absolute atomic E-state index is 13.9. The summed E-state index contributed by atoms with van der Waals surface area (Å²) in [5.74, 6) is 0.197. The quantitative estimate of drug-likeness (QED) is 0.592. The van der Waals surface area contributed by atoms with Crippen molar-refractivity contribution >= 4 is 17.5 Å². The van der Waals surface area contributed by atoms with Crippen LogP contribution in [-0.4, -0.2) is 29.4 Å². The van der Waals surface area contributed by atoms with Gasteiger partial charge in [0.25, 0.3) is 0 Å². The van der Waals surface area contributed by atoms with E-state index in [1.54, 1.807) is 24.3 Å². The van der Waals surface area contributed by atoms with Gasteiger partial charge in [-0.2, -0.15) is 0 Å². The smallest absolute Gasteiger partial charge is 0.250 e. The van der Waals surface area contributed by atoms with Crippen molar-refractivity contribution in [2.75, 3.05) is 13.6 Å². The number of aromatic nitrogens is 1. The summed E-state index contributed by atoms with van der Waals surface area (Å²) >= 11 is 6.09. The van der Waals surface area contributed by atoms with E-state index in [1.165, 1.54) is 12.3 Å². The third-order valence-electron chi connectivity index (χ3n) is 4.44. The minimum atomic E-state index is -0.532. The number of rotatable bonds is 8. The molecule has 0 fully saturated rings. The molecular formula is C22H21ClFN3O2. The number of carbonyl (C=O) groups is 1. The Morgan fingerprint density at radius 3 is 2.55 bits per heavy atom. The number of nitrogens with zero attached hydrogens (tertiary/aromatic N) is 2. The van der Waals surface area contributed by atoms with Crippen LogP contribution in [0, 0.1) is 5.82 Å². The fourth-order valence-electron chi connectivity index (χ4n) is 2.78. The highest BCUT2D eigenvalue weighted by molar-refractivity contribution is 6.31. The summed E-state index contributed by atoms with van der Waals surface area (Å²) in [6.07, 6.45) is 2.18. The maximum atomic E-state index is 13.9. The van der Waals surface area contributed by atoms with Gasteiger partial charge in [-0.15, -0.1) is 0 Å². The Balaban J connectivity index is 1.53. The number of amides is 1. The zero-order valence-electron chi connectivity index (χ0n) is 15.9. The second kappa shape index (κ2) is 9.49. The first kappa shape index (κ1) is 20.8. The maximum Gasteiger partial charge on any atom is 0.250 e. The van der Waals surface area contributed by atoms with Crippen molar-refractivity contribution in [1.29, 1.82) is 0 Å². The minimum absolute atomic E-state index is 0.289. The van der Waals surface area contributed by atoms with Crippen molar-refractivity contribution in [2.24, 2.45) is 5.73 Å². The van der Waals surface area contributed by atoms with Gasteiger partial charge in [0, 0.05) is 35.9 Å². The zero-order valence-corrected chi connectivity index (χ0v) is 16.7. The van der Waals surface area contributed by atoms with E-state index in [0.717, 1.165) is 18.5 Å². The largest absolute Gasteiger partial charge is 0.439 e. The molecule has 7 heteroatoms. The number of halogens is 2. The molecule has 150 valence electrons. The highest BCUT2D eigenvalue weighted by Gasteiger charge is 2.10. The van der Waals surface area contributed by atoms with E-state index in [2.05, 4.69) is 4.98 Å². The van der Waals surface area contributed by atoms with Gasteiger partial charge in [-0.25, -0.2) is 9.37 Å². The molecule has 1 heterocycles. The molecule has 1 aromatic heterocycles. The first-order valence-corrected chi connectivity index (χ1v) is 9.44. The second-order valence-corrected chi connectivity index (χ2v) is 7.09. The lowest BCUT2D eigenvalue weighted by Crippen LogP contribution is -2.21. The molecule has 0 radical (unpaired) electrons. The van der Waals surface area contributed by atoms with E-state index in [-0.39, 0.29) is 5.82 Å². The molecule has 1 amide bonds. The van der Waals surface area contributed by atoms with Crippen LogP contribution in [-0.2, 0) is 13.0 Å². The first-order valence-electron chi connectivity index (χ1n) is 9.06. The molecule has 3 aromatic rings. The van der Waals surface area contributed by atoms with Crippen molar-refractivity contribution in [2.45, 2.75) is 13.0 Å². The van der Waals surface area contributed by atoms with Crippen LogP contribution in [0.15, 0.2) is 60.8 Å². The lowest BCUT2D eigenvalue weighted by Gasteiger charge is -2.18. The molecule has 5 nitrogen and oxygen atoms in total. The van der Waals surface area contributed by atoms with Crippen LogP contribution in [0.2, 0.25) is 5.02 Å². The Labute approximate surface area is 173 Å². The van der Waals surface area contributed by atoms with Gasteiger partial charge in [0.1, 0.15) is 11.6 Å². The van der Waals surface area contributed by atoms with Gasteiger partial charge in [0.15, 0.2) is 0 Å². The van der Waals surface area contributed by atoms with Crippen LogP contribution in [0.1, 0.15) is 21.5 Å². The topological polar surface area (TPSA) is 68.5 Å².